The van der Waals surface area contributed by atoms with Crippen LogP contribution < -0.4 is 10.5 Å². The molecule has 2 aromatic rings. The van der Waals surface area contributed by atoms with Gasteiger partial charge in [-0.1, -0.05) is 6.07 Å². The standard InChI is InChI=1S/C13H11FN2O2/c14-10-3-5-11(6-4-10)18-13-9(8-12(15)17)2-1-7-16-13/h1-7H,8H2,(H2,15,17). The molecule has 0 spiro atoms. The highest BCUT2D eigenvalue weighted by Crippen LogP contribution is 2.23. The fourth-order valence-electron chi connectivity index (χ4n) is 1.45. The Bertz CT molecular complexity index is 555. The topological polar surface area (TPSA) is 65.2 Å². The monoisotopic (exact) mass is 246 g/mol. The fourth-order valence-corrected chi connectivity index (χ4v) is 1.45. The van der Waals surface area contributed by atoms with Gasteiger partial charge in [0.15, 0.2) is 0 Å². The van der Waals surface area contributed by atoms with E-state index >= 15 is 0 Å². The van der Waals surface area contributed by atoms with Crippen molar-refractivity contribution >= 4 is 5.91 Å². The number of nitrogens with two attached hydrogens (primary N) is 1. The summed E-state index contributed by atoms with van der Waals surface area (Å²) in [5, 5.41) is 0. The van der Waals surface area contributed by atoms with Crippen LogP contribution in [0.25, 0.3) is 0 Å². The third kappa shape index (κ3) is 3.04. The van der Waals surface area contributed by atoms with Crippen molar-refractivity contribution in [3.8, 4) is 11.6 Å². The van der Waals surface area contributed by atoms with Crippen LogP contribution in [0.15, 0.2) is 42.6 Å². The summed E-state index contributed by atoms with van der Waals surface area (Å²) in [5.41, 5.74) is 5.73. The lowest BCUT2D eigenvalue weighted by molar-refractivity contribution is -0.117. The molecule has 2 N–H and O–H groups in total. The van der Waals surface area contributed by atoms with E-state index < -0.39 is 5.91 Å². The van der Waals surface area contributed by atoms with Gasteiger partial charge in [-0.3, -0.25) is 4.79 Å². The quantitative estimate of drug-likeness (QED) is 0.897. The molecule has 0 bridgehead atoms. The zero-order valence-corrected chi connectivity index (χ0v) is 9.47. The third-order valence-corrected chi connectivity index (χ3v) is 2.24. The normalized spacial score (nSPS) is 10.1. The van der Waals surface area contributed by atoms with Gasteiger partial charge >= 0.3 is 0 Å². The average molecular weight is 246 g/mol. The number of aromatic nitrogens is 1. The van der Waals surface area contributed by atoms with Gasteiger partial charge in [0.1, 0.15) is 11.6 Å². The van der Waals surface area contributed by atoms with E-state index in [0.29, 0.717) is 17.2 Å². The number of carbonyl (C=O) groups excluding carboxylic acids is 1. The van der Waals surface area contributed by atoms with E-state index in [-0.39, 0.29) is 12.2 Å². The number of carbonyl (C=O) groups is 1. The van der Waals surface area contributed by atoms with Gasteiger partial charge in [0, 0.05) is 11.8 Å². The second kappa shape index (κ2) is 5.27. The number of hydrogen-bond acceptors (Lipinski definition) is 3. The maximum absolute atomic E-state index is 12.7. The molecule has 0 saturated carbocycles. The first-order chi connectivity index (χ1) is 8.65. The summed E-state index contributed by atoms with van der Waals surface area (Å²) in [6.45, 7) is 0. The van der Waals surface area contributed by atoms with Crippen LogP contribution in [-0.4, -0.2) is 10.9 Å². The Morgan fingerprint density at radius 1 is 1.28 bits per heavy atom. The van der Waals surface area contributed by atoms with Gasteiger partial charge in [0.2, 0.25) is 11.8 Å². The number of benzene rings is 1. The van der Waals surface area contributed by atoms with Gasteiger partial charge in [-0.05, 0) is 30.3 Å². The molecule has 0 radical (unpaired) electrons. The molecule has 1 aromatic heterocycles. The molecule has 0 aliphatic rings. The first kappa shape index (κ1) is 12.0. The number of hydrogen-bond donors (Lipinski definition) is 1. The molecule has 4 nitrogen and oxygen atoms in total. The van der Waals surface area contributed by atoms with E-state index in [1.807, 2.05) is 0 Å². The molecule has 0 saturated heterocycles. The fraction of sp³-hybridized carbons (Fsp3) is 0.0769. The zero-order chi connectivity index (χ0) is 13.0. The summed E-state index contributed by atoms with van der Waals surface area (Å²) in [6.07, 6.45) is 1.59. The number of halogens is 1. The predicted octanol–water partition coefficient (Wildman–Crippen LogP) is 2.04. The minimum atomic E-state index is -0.466. The van der Waals surface area contributed by atoms with Crippen LogP contribution in [0, 0.1) is 5.82 Å². The second-order valence-electron chi connectivity index (χ2n) is 3.67. The van der Waals surface area contributed by atoms with Gasteiger partial charge in [-0.25, -0.2) is 9.37 Å². The molecule has 1 amide bonds. The predicted molar refractivity (Wildman–Crippen MR) is 63.6 cm³/mol. The summed E-state index contributed by atoms with van der Waals surface area (Å²) < 4.78 is 18.2. The third-order valence-electron chi connectivity index (χ3n) is 2.24. The Morgan fingerprint density at radius 2 is 2.00 bits per heavy atom. The van der Waals surface area contributed by atoms with Crippen molar-refractivity contribution in [1.29, 1.82) is 0 Å². The van der Waals surface area contributed by atoms with Gasteiger partial charge in [-0.2, -0.15) is 0 Å². The van der Waals surface area contributed by atoms with E-state index in [1.54, 1.807) is 18.3 Å². The molecular weight excluding hydrogens is 235 g/mol. The van der Waals surface area contributed by atoms with Crippen LogP contribution in [0.2, 0.25) is 0 Å². The van der Waals surface area contributed by atoms with Crippen molar-refractivity contribution in [2.45, 2.75) is 6.42 Å². The van der Waals surface area contributed by atoms with Crippen molar-refractivity contribution in [3.63, 3.8) is 0 Å². The Hall–Kier alpha value is -2.43. The molecule has 0 aliphatic heterocycles. The molecule has 0 aliphatic carbocycles. The van der Waals surface area contributed by atoms with Crippen LogP contribution in [0.4, 0.5) is 4.39 Å². The van der Waals surface area contributed by atoms with Gasteiger partial charge in [0.05, 0.1) is 6.42 Å². The number of amides is 1. The Kier molecular flexibility index (Phi) is 3.52. The largest absolute Gasteiger partial charge is 0.439 e. The number of nitrogens with zero attached hydrogens (tertiary/aromatic N) is 1. The van der Waals surface area contributed by atoms with Gasteiger partial charge in [-0.15, -0.1) is 0 Å². The lowest BCUT2D eigenvalue weighted by Crippen LogP contribution is -2.14. The number of pyridine rings is 1. The second-order valence-corrected chi connectivity index (χ2v) is 3.67. The maximum Gasteiger partial charge on any atom is 0.222 e. The molecule has 0 fully saturated rings. The SMILES string of the molecule is NC(=O)Cc1cccnc1Oc1ccc(F)cc1. The van der Waals surface area contributed by atoms with Crippen molar-refractivity contribution in [1.82, 2.24) is 4.98 Å². The summed E-state index contributed by atoms with van der Waals surface area (Å²) in [4.78, 5) is 14.9. The first-order valence-electron chi connectivity index (χ1n) is 5.31. The van der Waals surface area contributed by atoms with Gasteiger partial charge in [0.25, 0.3) is 0 Å². The van der Waals surface area contributed by atoms with Crippen LogP contribution in [0.5, 0.6) is 11.6 Å². The Labute approximate surface area is 103 Å². The molecule has 92 valence electrons. The van der Waals surface area contributed by atoms with Crippen molar-refractivity contribution in [2.24, 2.45) is 5.73 Å². The number of primary amides is 1. The molecule has 1 aromatic carbocycles. The van der Waals surface area contributed by atoms with E-state index in [0.717, 1.165) is 0 Å². The molecular formula is C13H11FN2O2. The summed E-state index contributed by atoms with van der Waals surface area (Å²) in [6, 6.07) is 8.93. The smallest absolute Gasteiger partial charge is 0.222 e. The number of rotatable bonds is 4. The molecule has 18 heavy (non-hydrogen) atoms. The highest BCUT2D eigenvalue weighted by Gasteiger charge is 2.08. The highest BCUT2D eigenvalue weighted by atomic mass is 19.1. The minimum absolute atomic E-state index is 0.0460. The Morgan fingerprint density at radius 3 is 2.67 bits per heavy atom. The maximum atomic E-state index is 12.7. The highest BCUT2D eigenvalue weighted by molar-refractivity contribution is 5.77. The number of ether oxygens (including phenoxy) is 1. The van der Waals surface area contributed by atoms with E-state index in [2.05, 4.69) is 4.98 Å². The van der Waals surface area contributed by atoms with Crippen LogP contribution in [-0.2, 0) is 11.2 Å². The molecule has 0 unspecified atom stereocenters. The van der Waals surface area contributed by atoms with Crippen LogP contribution in [0.1, 0.15) is 5.56 Å². The van der Waals surface area contributed by atoms with Crippen LogP contribution in [0.3, 0.4) is 0 Å². The lowest BCUT2D eigenvalue weighted by Gasteiger charge is -2.08. The minimum Gasteiger partial charge on any atom is -0.439 e. The molecule has 2 rings (SSSR count). The van der Waals surface area contributed by atoms with E-state index in [4.69, 9.17) is 10.5 Å². The summed E-state index contributed by atoms with van der Waals surface area (Å²) >= 11 is 0. The average Bonchev–Trinajstić information content (AvgIpc) is 2.34. The van der Waals surface area contributed by atoms with Gasteiger partial charge < -0.3 is 10.5 Å². The van der Waals surface area contributed by atoms with Crippen molar-refractivity contribution < 1.29 is 13.9 Å². The van der Waals surface area contributed by atoms with Crippen molar-refractivity contribution in [3.05, 3.63) is 54.0 Å². The first-order valence-corrected chi connectivity index (χ1v) is 5.31. The summed E-state index contributed by atoms with van der Waals surface area (Å²) in [7, 11) is 0. The lowest BCUT2D eigenvalue weighted by atomic mass is 10.2. The van der Waals surface area contributed by atoms with Crippen molar-refractivity contribution in [2.75, 3.05) is 0 Å². The molecule has 5 heteroatoms. The Balaban J connectivity index is 2.23. The zero-order valence-electron chi connectivity index (χ0n) is 9.47. The van der Waals surface area contributed by atoms with E-state index in [9.17, 15) is 9.18 Å². The molecule has 0 atom stereocenters. The summed E-state index contributed by atoms with van der Waals surface area (Å²) in [5.74, 6) is -0.0728. The van der Waals surface area contributed by atoms with Crippen LogP contribution >= 0.6 is 0 Å². The van der Waals surface area contributed by atoms with E-state index in [1.165, 1.54) is 24.3 Å². The molecule has 1 heterocycles.